The first-order chi connectivity index (χ1) is 15.7. The Hall–Kier alpha value is -3.73. The molecule has 4 rings (SSSR count). The minimum Gasteiger partial charge on any atom is -0.508 e. The van der Waals surface area contributed by atoms with Gasteiger partial charge in [0, 0.05) is 28.4 Å². The zero-order valence-corrected chi connectivity index (χ0v) is 19.7. The number of carbonyl (C=O) groups excluding carboxylic acids is 1. The maximum absolute atomic E-state index is 12.8. The zero-order chi connectivity index (χ0) is 23.8. The van der Waals surface area contributed by atoms with E-state index < -0.39 is 0 Å². The van der Waals surface area contributed by atoms with Gasteiger partial charge in [0.1, 0.15) is 18.1 Å². The number of methoxy groups -OCH3 is 1. The van der Waals surface area contributed by atoms with E-state index in [0.717, 1.165) is 39.1 Å². The largest absolute Gasteiger partial charge is 0.508 e. The zero-order valence-electron chi connectivity index (χ0n) is 19.7. The third-order valence-corrected chi connectivity index (χ3v) is 5.85. The second-order valence-corrected chi connectivity index (χ2v) is 9.02. The molecule has 0 unspecified atom stereocenters. The van der Waals surface area contributed by atoms with Gasteiger partial charge in [0.05, 0.1) is 18.2 Å². The van der Waals surface area contributed by atoms with Crippen LogP contribution in [0.2, 0.25) is 0 Å². The Balaban J connectivity index is 1.81. The van der Waals surface area contributed by atoms with Crippen molar-refractivity contribution in [3.05, 3.63) is 82.9 Å². The first kappa shape index (κ1) is 22.5. The van der Waals surface area contributed by atoms with E-state index in [1.165, 1.54) is 0 Å². The summed E-state index contributed by atoms with van der Waals surface area (Å²) in [6.45, 7) is 8.39. The molecule has 0 spiro atoms. The second-order valence-electron chi connectivity index (χ2n) is 9.02. The fourth-order valence-corrected chi connectivity index (χ4v) is 4.41. The van der Waals surface area contributed by atoms with Gasteiger partial charge in [0.15, 0.2) is 0 Å². The van der Waals surface area contributed by atoms with Crippen LogP contribution in [0.15, 0.2) is 60.7 Å². The summed E-state index contributed by atoms with van der Waals surface area (Å²) in [5.74, 6) is 0.300. The Labute approximate surface area is 194 Å². The van der Waals surface area contributed by atoms with Crippen LogP contribution in [-0.2, 0) is 11.3 Å². The standard InChI is InChI=1S/C28H29NO4/c1-17-6-8-19(9-7-17)27(31)33-16-23-21(22-11-10-20(30)14-25(22)32-5)12-13-24-26(23)18(2)15-28(3,4)29-24/h6-15,29-30H,16H2,1-5H3. The van der Waals surface area contributed by atoms with Crippen molar-refractivity contribution < 1.29 is 19.4 Å². The minimum atomic E-state index is -0.373. The molecule has 0 saturated carbocycles. The number of ether oxygens (including phenoxy) is 2. The lowest BCUT2D eigenvalue weighted by Crippen LogP contribution is -2.32. The molecule has 0 bridgehead atoms. The van der Waals surface area contributed by atoms with E-state index in [1.54, 1.807) is 31.4 Å². The molecule has 1 heterocycles. The highest BCUT2D eigenvalue weighted by Gasteiger charge is 2.27. The van der Waals surface area contributed by atoms with Crippen LogP contribution in [-0.4, -0.2) is 23.7 Å². The van der Waals surface area contributed by atoms with Gasteiger partial charge in [-0.05, 0) is 69.2 Å². The number of aromatic hydroxyl groups is 1. The number of carbonyl (C=O) groups is 1. The first-order valence-corrected chi connectivity index (χ1v) is 10.9. The Morgan fingerprint density at radius 3 is 2.39 bits per heavy atom. The topological polar surface area (TPSA) is 67.8 Å². The Bertz CT molecular complexity index is 1240. The van der Waals surface area contributed by atoms with Crippen molar-refractivity contribution in [2.45, 2.75) is 39.8 Å². The summed E-state index contributed by atoms with van der Waals surface area (Å²) in [5.41, 5.74) is 7.10. The summed E-state index contributed by atoms with van der Waals surface area (Å²) in [6.07, 6.45) is 2.18. The lowest BCUT2D eigenvalue weighted by atomic mass is 9.85. The van der Waals surface area contributed by atoms with Gasteiger partial charge in [-0.2, -0.15) is 0 Å². The number of esters is 1. The van der Waals surface area contributed by atoms with E-state index in [0.29, 0.717) is 11.3 Å². The van der Waals surface area contributed by atoms with Crippen molar-refractivity contribution in [2.24, 2.45) is 0 Å². The maximum atomic E-state index is 12.8. The molecule has 0 radical (unpaired) electrons. The molecule has 5 nitrogen and oxygen atoms in total. The van der Waals surface area contributed by atoms with Crippen LogP contribution in [0.4, 0.5) is 5.69 Å². The number of allylic oxidation sites excluding steroid dienone is 1. The van der Waals surface area contributed by atoms with Gasteiger partial charge in [0.25, 0.3) is 0 Å². The predicted molar refractivity (Wildman–Crippen MR) is 132 cm³/mol. The summed E-state index contributed by atoms with van der Waals surface area (Å²) in [5, 5.41) is 13.5. The maximum Gasteiger partial charge on any atom is 0.338 e. The molecular weight excluding hydrogens is 414 g/mol. The summed E-state index contributed by atoms with van der Waals surface area (Å²) in [4.78, 5) is 12.8. The summed E-state index contributed by atoms with van der Waals surface area (Å²) >= 11 is 0. The molecule has 0 amide bonds. The average molecular weight is 444 g/mol. The molecule has 170 valence electrons. The van der Waals surface area contributed by atoms with E-state index in [2.05, 4.69) is 32.2 Å². The lowest BCUT2D eigenvalue weighted by molar-refractivity contribution is 0.0473. The SMILES string of the molecule is COc1cc(O)ccc1-c1ccc2c(c1COC(=O)c1ccc(C)cc1)C(C)=CC(C)(C)N2. The summed E-state index contributed by atoms with van der Waals surface area (Å²) < 4.78 is 11.3. The molecule has 1 aliphatic rings. The van der Waals surface area contributed by atoms with Crippen LogP contribution < -0.4 is 10.1 Å². The average Bonchev–Trinajstić information content (AvgIpc) is 2.76. The molecule has 33 heavy (non-hydrogen) atoms. The van der Waals surface area contributed by atoms with Crippen LogP contribution in [0.3, 0.4) is 0 Å². The van der Waals surface area contributed by atoms with Crippen molar-refractivity contribution in [1.82, 2.24) is 0 Å². The predicted octanol–water partition coefficient (Wildman–Crippen LogP) is 6.34. The molecule has 0 fully saturated rings. The smallest absolute Gasteiger partial charge is 0.338 e. The van der Waals surface area contributed by atoms with Crippen molar-refractivity contribution in [3.63, 3.8) is 0 Å². The van der Waals surface area contributed by atoms with Crippen molar-refractivity contribution in [3.8, 4) is 22.6 Å². The van der Waals surface area contributed by atoms with Crippen LogP contribution in [0, 0.1) is 6.92 Å². The quantitative estimate of drug-likeness (QED) is 0.450. The van der Waals surface area contributed by atoms with Gasteiger partial charge in [-0.15, -0.1) is 0 Å². The minimum absolute atomic E-state index is 0.0997. The van der Waals surface area contributed by atoms with E-state index in [9.17, 15) is 9.90 Å². The monoisotopic (exact) mass is 443 g/mol. The molecule has 5 heteroatoms. The summed E-state index contributed by atoms with van der Waals surface area (Å²) in [6, 6.07) is 16.4. The molecule has 0 saturated heterocycles. The van der Waals surface area contributed by atoms with Crippen molar-refractivity contribution in [1.29, 1.82) is 0 Å². The highest BCUT2D eigenvalue weighted by atomic mass is 16.5. The normalized spacial score (nSPS) is 14.0. The highest BCUT2D eigenvalue weighted by Crippen LogP contribution is 2.43. The highest BCUT2D eigenvalue weighted by molar-refractivity contribution is 5.91. The molecule has 3 aromatic rings. The number of hydrogen-bond acceptors (Lipinski definition) is 5. The van der Waals surface area contributed by atoms with E-state index >= 15 is 0 Å². The van der Waals surface area contributed by atoms with E-state index in [-0.39, 0.29) is 23.9 Å². The number of phenols is 1. The van der Waals surface area contributed by atoms with Gasteiger partial charge in [-0.25, -0.2) is 4.79 Å². The number of nitrogens with one attached hydrogen (secondary N) is 1. The number of phenolic OH excluding ortho intramolecular Hbond substituents is 1. The van der Waals surface area contributed by atoms with Crippen molar-refractivity contribution >= 4 is 17.2 Å². The van der Waals surface area contributed by atoms with Crippen LogP contribution in [0.1, 0.15) is 47.8 Å². The Kier molecular flexibility index (Phi) is 5.90. The van der Waals surface area contributed by atoms with Crippen molar-refractivity contribution in [2.75, 3.05) is 12.4 Å². The fourth-order valence-electron chi connectivity index (χ4n) is 4.41. The third kappa shape index (κ3) is 4.58. The Morgan fingerprint density at radius 1 is 1.00 bits per heavy atom. The second kappa shape index (κ2) is 8.66. The third-order valence-electron chi connectivity index (χ3n) is 5.85. The Morgan fingerprint density at radius 2 is 1.70 bits per heavy atom. The molecule has 3 aromatic carbocycles. The molecular formula is C28H29NO4. The lowest BCUT2D eigenvalue weighted by Gasteiger charge is -2.33. The van der Waals surface area contributed by atoms with Gasteiger partial charge in [-0.1, -0.05) is 29.8 Å². The molecule has 0 aliphatic carbocycles. The summed E-state index contributed by atoms with van der Waals surface area (Å²) in [7, 11) is 1.57. The van der Waals surface area contributed by atoms with E-state index in [4.69, 9.17) is 9.47 Å². The number of fused-ring (bicyclic) bond motifs is 1. The molecule has 0 atom stereocenters. The van der Waals surface area contributed by atoms with Crippen LogP contribution in [0.25, 0.3) is 16.7 Å². The fraction of sp³-hybridized carbons (Fsp3) is 0.250. The number of anilines is 1. The molecule has 2 N–H and O–H groups in total. The number of benzene rings is 3. The van der Waals surface area contributed by atoms with Gasteiger partial charge in [-0.3, -0.25) is 0 Å². The number of rotatable bonds is 5. The van der Waals surface area contributed by atoms with Crippen LogP contribution in [0.5, 0.6) is 11.5 Å². The number of aryl methyl sites for hydroxylation is 1. The first-order valence-electron chi connectivity index (χ1n) is 10.9. The number of hydrogen-bond donors (Lipinski definition) is 2. The van der Waals surface area contributed by atoms with Gasteiger partial charge in [0.2, 0.25) is 0 Å². The van der Waals surface area contributed by atoms with E-state index in [1.807, 2.05) is 37.3 Å². The van der Waals surface area contributed by atoms with Gasteiger partial charge < -0.3 is 19.9 Å². The van der Waals surface area contributed by atoms with Crippen LogP contribution >= 0.6 is 0 Å². The van der Waals surface area contributed by atoms with Gasteiger partial charge >= 0.3 is 5.97 Å². The molecule has 0 aromatic heterocycles. The molecule has 1 aliphatic heterocycles.